The van der Waals surface area contributed by atoms with Crippen molar-refractivity contribution in [2.45, 2.75) is 24.9 Å². The number of hydrogen-bond acceptors (Lipinski definition) is 3. The van der Waals surface area contributed by atoms with E-state index in [1.807, 2.05) is 12.1 Å². The molecule has 96 valence electrons. The first-order chi connectivity index (χ1) is 8.74. The second kappa shape index (κ2) is 4.71. The van der Waals surface area contributed by atoms with Gasteiger partial charge in [0.05, 0.1) is 19.1 Å². The molecule has 1 amide bonds. The summed E-state index contributed by atoms with van der Waals surface area (Å²) in [6, 6.07) is 8.40. The summed E-state index contributed by atoms with van der Waals surface area (Å²) in [7, 11) is 0. The molecule has 0 bridgehead atoms. The highest BCUT2D eigenvalue weighted by atomic mass is 16.5. The van der Waals surface area contributed by atoms with Crippen LogP contribution in [0.3, 0.4) is 0 Å². The van der Waals surface area contributed by atoms with Crippen molar-refractivity contribution in [1.29, 1.82) is 0 Å². The van der Waals surface area contributed by atoms with E-state index in [1.54, 1.807) is 0 Å². The Bertz CT molecular complexity index is 436. The molecule has 1 aliphatic heterocycles. The summed E-state index contributed by atoms with van der Waals surface area (Å²) in [5, 5.41) is 3.10. The minimum Gasteiger partial charge on any atom is -0.379 e. The van der Waals surface area contributed by atoms with Crippen molar-refractivity contribution in [3.05, 3.63) is 35.4 Å². The molecule has 3 rings (SSSR count). The number of carbonyl (C=O) groups excluding carboxylic acids is 1. The summed E-state index contributed by atoms with van der Waals surface area (Å²) in [5.41, 5.74) is 8.54. The van der Waals surface area contributed by atoms with Crippen LogP contribution in [0.25, 0.3) is 0 Å². The highest BCUT2D eigenvalue weighted by Gasteiger charge is 2.33. The van der Waals surface area contributed by atoms with Gasteiger partial charge in [0.25, 0.3) is 0 Å². The topological polar surface area (TPSA) is 64.3 Å². The monoisotopic (exact) mass is 246 g/mol. The van der Waals surface area contributed by atoms with Gasteiger partial charge in [-0.25, -0.2) is 0 Å². The molecule has 1 fully saturated rings. The molecular formula is C14H18N2O2. The fourth-order valence-electron chi connectivity index (χ4n) is 2.81. The zero-order valence-corrected chi connectivity index (χ0v) is 10.3. The molecule has 3 N–H and O–H groups in total. The van der Waals surface area contributed by atoms with E-state index in [2.05, 4.69) is 17.4 Å². The third-order valence-corrected chi connectivity index (χ3v) is 3.86. The number of nitrogens with one attached hydrogen (secondary N) is 1. The summed E-state index contributed by atoms with van der Waals surface area (Å²) in [6.45, 7) is 0.940. The van der Waals surface area contributed by atoms with Crippen LogP contribution in [-0.2, 0) is 22.4 Å². The first-order valence-corrected chi connectivity index (χ1v) is 6.44. The summed E-state index contributed by atoms with van der Waals surface area (Å²) in [6.07, 6.45) is 1.84. The quantitative estimate of drug-likeness (QED) is 0.786. The third-order valence-electron chi connectivity index (χ3n) is 3.86. The Morgan fingerprint density at radius 3 is 2.44 bits per heavy atom. The van der Waals surface area contributed by atoms with Gasteiger partial charge in [0.1, 0.15) is 0 Å². The van der Waals surface area contributed by atoms with Gasteiger partial charge < -0.3 is 15.8 Å². The highest BCUT2D eigenvalue weighted by molar-refractivity contribution is 5.80. The van der Waals surface area contributed by atoms with Crippen LogP contribution in [0.15, 0.2) is 24.3 Å². The Hall–Kier alpha value is -1.39. The molecule has 18 heavy (non-hydrogen) atoms. The zero-order chi connectivity index (χ0) is 12.5. The Morgan fingerprint density at radius 1 is 1.22 bits per heavy atom. The number of benzene rings is 1. The minimum atomic E-state index is -0.186. The van der Waals surface area contributed by atoms with E-state index in [1.165, 1.54) is 11.1 Å². The first-order valence-electron chi connectivity index (χ1n) is 6.44. The van der Waals surface area contributed by atoms with Crippen molar-refractivity contribution in [3.63, 3.8) is 0 Å². The van der Waals surface area contributed by atoms with Crippen LogP contribution in [0.1, 0.15) is 11.1 Å². The van der Waals surface area contributed by atoms with Crippen LogP contribution < -0.4 is 11.1 Å². The van der Waals surface area contributed by atoms with Crippen LogP contribution in [0, 0.1) is 5.92 Å². The van der Waals surface area contributed by atoms with E-state index in [9.17, 15) is 4.79 Å². The molecule has 1 saturated heterocycles. The lowest BCUT2D eigenvalue weighted by Gasteiger charge is -2.17. The predicted octanol–water partition coefficient (Wildman–Crippen LogP) is 0.244. The summed E-state index contributed by atoms with van der Waals surface area (Å²) < 4.78 is 5.23. The Balaban J connectivity index is 1.61. The number of rotatable bonds is 2. The van der Waals surface area contributed by atoms with Crippen LogP contribution in [0.5, 0.6) is 0 Å². The summed E-state index contributed by atoms with van der Waals surface area (Å²) in [5.74, 6) is -0.147. The average molecular weight is 246 g/mol. The van der Waals surface area contributed by atoms with Gasteiger partial charge >= 0.3 is 0 Å². The largest absolute Gasteiger partial charge is 0.379 e. The van der Waals surface area contributed by atoms with Crippen molar-refractivity contribution in [2.75, 3.05) is 13.2 Å². The molecule has 1 aromatic rings. The molecular weight excluding hydrogens is 228 g/mol. The maximum absolute atomic E-state index is 12.1. The Kier molecular flexibility index (Phi) is 3.06. The van der Waals surface area contributed by atoms with Crippen molar-refractivity contribution < 1.29 is 9.53 Å². The zero-order valence-electron chi connectivity index (χ0n) is 10.3. The predicted molar refractivity (Wildman–Crippen MR) is 68.1 cm³/mol. The molecule has 4 heteroatoms. The maximum atomic E-state index is 12.1. The molecule has 0 spiro atoms. The average Bonchev–Trinajstić information content (AvgIpc) is 2.94. The molecule has 0 aromatic heterocycles. The molecule has 1 heterocycles. The van der Waals surface area contributed by atoms with Crippen molar-refractivity contribution in [3.8, 4) is 0 Å². The lowest BCUT2D eigenvalue weighted by molar-refractivity contribution is -0.125. The fourth-order valence-corrected chi connectivity index (χ4v) is 2.81. The van der Waals surface area contributed by atoms with E-state index in [0.717, 1.165) is 12.8 Å². The summed E-state index contributed by atoms with van der Waals surface area (Å²) in [4.78, 5) is 12.1. The normalized spacial score (nSPS) is 27.2. The van der Waals surface area contributed by atoms with E-state index in [0.29, 0.717) is 13.2 Å². The van der Waals surface area contributed by atoms with E-state index < -0.39 is 0 Å². The van der Waals surface area contributed by atoms with Crippen LogP contribution in [0.2, 0.25) is 0 Å². The van der Waals surface area contributed by atoms with E-state index in [-0.39, 0.29) is 23.9 Å². The first kappa shape index (κ1) is 11.7. The molecule has 0 radical (unpaired) electrons. The second-order valence-corrected chi connectivity index (χ2v) is 5.19. The number of carbonyl (C=O) groups is 1. The lowest BCUT2D eigenvalue weighted by atomic mass is 10.0. The highest BCUT2D eigenvalue weighted by Crippen LogP contribution is 2.22. The van der Waals surface area contributed by atoms with Crippen LogP contribution in [0.4, 0.5) is 0 Å². The van der Waals surface area contributed by atoms with Gasteiger partial charge in [-0.1, -0.05) is 24.3 Å². The van der Waals surface area contributed by atoms with Gasteiger partial charge in [-0.15, -0.1) is 0 Å². The van der Waals surface area contributed by atoms with Gasteiger partial charge in [-0.05, 0) is 24.0 Å². The van der Waals surface area contributed by atoms with Gasteiger partial charge in [0.15, 0.2) is 0 Å². The molecule has 2 aliphatic rings. The number of ether oxygens (including phenoxy) is 1. The molecule has 2 unspecified atom stereocenters. The molecule has 1 aliphatic carbocycles. The van der Waals surface area contributed by atoms with Gasteiger partial charge in [0, 0.05) is 12.1 Å². The lowest BCUT2D eigenvalue weighted by Crippen LogP contribution is -2.45. The molecule has 0 saturated carbocycles. The second-order valence-electron chi connectivity index (χ2n) is 5.19. The van der Waals surface area contributed by atoms with Gasteiger partial charge in [0.2, 0.25) is 5.91 Å². The summed E-state index contributed by atoms with van der Waals surface area (Å²) >= 11 is 0. The number of nitrogens with two attached hydrogens (primary N) is 1. The van der Waals surface area contributed by atoms with E-state index >= 15 is 0 Å². The van der Waals surface area contributed by atoms with Gasteiger partial charge in [-0.2, -0.15) is 0 Å². The molecule has 1 aromatic carbocycles. The third kappa shape index (κ3) is 2.13. The molecule has 4 nitrogen and oxygen atoms in total. The maximum Gasteiger partial charge on any atom is 0.227 e. The minimum absolute atomic E-state index is 0.0396. The SMILES string of the molecule is NC1COCC1C(=O)NC1Cc2ccccc2C1. The van der Waals surface area contributed by atoms with Crippen LogP contribution in [-0.4, -0.2) is 31.2 Å². The van der Waals surface area contributed by atoms with Gasteiger partial charge in [-0.3, -0.25) is 4.79 Å². The molecule has 2 atom stereocenters. The standard InChI is InChI=1S/C14H18N2O2/c15-13-8-18-7-12(13)14(17)16-11-5-9-3-1-2-4-10(9)6-11/h1-4,11-13H,5-8,15H2,(H,16,17). The smallest absolute Gasteiger partial charge is 0.227 e. The number of amides is 1. The number of fused-ring (bicyclic) bond motifs is 1. The Morgan fingerprint density at radius 2 is 1.89 bits per heavy atom. The van der Waals surface area contributed by atoms with E-state index in [4.69, 9.17) is 10.5 Å². The number of hydrogen-bond donors (Lipinski definition) is 2. The van der Waals surface area contributed by atoms with Crippen molar-refractivity contribution in [1.82, 2.24) is 5.32 Å². The van der Waals surface area contributed by atoms with Crippen LogP contribution >= 0.6 is 0 Å². The van der Waals surface area contributed by atoms with Crippen molar-refractivity contribution >= 4 is 5.91 Å². The van der Waals surface area contributed by atoms with Crippen molar-refractivity contribution in [2.24, 2.45) is 11.7 Å². The fraction of sp³-hybridized carbons (Fsp3) is 0.500. The Labute approximate surface area is 107 Å².